The van der Waals surface area contributed by atoms with E-state index in [0.717, 1.165) is 43.9 Å². The second kappa shape index (κ2) is 5.35. The van der Waals surface area contributed by atoms with Crippen molar-refractivity contribution >= 4 is 11.0 Å². The van der Waals surface area contributed by atoms with Gasteiger partial charge in [-0.25, -0.2) is 0 Å². The van der Waals surface area contributed by atoms with Gasteiger partial charge in [0.25, 0.3) is 0 Å². The van der Waals surface area contributed by atoms with E-state index in [1.807, 2.05) is 6.07 Å². The van der Waals surface area contributed by atoms with Crippen molar-refractivity contribution in [1.29, 1.82) is 0 Å². The van der Waals surface area contributed by atoms with E-state index in [1.165, 1.54) is 17.4 Å². The van der Waals surface area contributed by atoms with E-state index in [0.29, 0.717) is 5.92 Å². The van der Waals surface area contributed by atoms with Gasteiger partial charge in [-0.2, -0.15) is 0 Å². The first-order valence-corrected chi connectivity index (χ1v) is 7.23. The standard InChI is InChI=1S/C16H22N2O/c1-2-15-14(11-18-8-7-12(9-17)10-18)13-5-3-4-6-16(13)19-15/h3-6,12H,2,7-11,17H2,1H3/t12-/m0/s1. The third kappa shape index (κ3) is 2.40. The van der Waals surface area contributed by atoms with Crippen LogP contribution in [0.4, 0.5) is 0 Å². The Kier molecular flexibility index (Phi) is 3.58. The second-order valence-electron chi connectivity index (χ2n) is 5.48. The molecule has 1 fully saturated rings. The van der Waals surface area contributed by atoms with Crippen LogP contribution in [-0.4, -0.2) is 24.5 Å². The van der Waals surface area contributed by atoms with Crippen molar-refractivity contribution in [2.24, 2.45) is 11.7 Å². The Balaban J connectivity index is 1.87. The van der Waals surface area contributed by atoms with E-state index in [1.54, 1.807) is 0 Å². The van der Waals surface area contributed by atoms with Crippen molar-refractivity contribution in [3.05, 3.63) is 35.6 Å². The number of furan rings is 1. The van der Waals surface area contributed by atoms with Crippen LogP contribution in [0.5, 0.6) is 0 Å². The van der Waals surface area contributed by atoms with Crippen LogP contribution < -0.4 is 5.73 Å². The van der Waals surface area contributed by atoms with E-state index < -0.39 is 0 Å². The summed E-state index contributed by atoms with van der Waals surface area (Å²) in [6.45, 7) is 6.25. The van der Waals surface area contributed by atoms with Crippen LogP contribution in [0.1, 0.15) is 24.7 Å². The lowest BCUT2D eigenvalue weighted by molar-refractivity contribution is 0.315. The van der Waals surface area contributed by atoms with Gasteiger partial charge in [0, 0.05) is 30.5 Å². The highest BCUT2D eigenvalue weighted by Gasteiger charge is 2.23. The van der Waals surface area contributed by atoms with Gasteiger partial charge in [0.2, 0.25) is 0 Å². The molecule has 1 aliphatic heterocycles. The Labute approximate surface area is 114 Å². The predicted molar refractivity (Wildman–Crippen MR) is 78.0 cm³/mol. The van der Waals surface area contributed by atoms with Gasteiger partial charge in [0.1, 0.15) is 11.3 Å². The van der Waals surface area contributed by atoms with E-state index >= 15 is 0 Å². The minimum Gasteiger partial charge on any atom is -0.461 e. The molecule has 2 N–H and O–H groups in total. The van der Waals surface area contributed by atoms with Crippen molar-refractivity contribution in [2.75, 3.05) is 19.6 Å². The van der Waals surface area contributed by atoms with Crippen LogP contribution in [-0.2, 0) is 13.0 Å². The highest BCUT2D eigenvalue weighted by molar-refractivity contribution is 5.82. The van der Waals surface area contributed by atoms with E-state index in [9.17, 15) is 0 Å². The number of hydrogen-bond acceptors (Lipinski definition) is 3. The number of benzene rings is 1. The summed E-state index contributed by atoms with van der Waals surface area (Å²) in [5.74, 6) is 1.81. The molecule has 0 unspecified atom stereocenters. The molecule has 0 aliphatic carbocycles. The van der Waals surface area contributed by atoms with Gasteiger partial charge in [0.05, 0.1) is 0 Å². The first-order valence-electron chi connectivity index (χ1n) is 7.23. The summed E-state index contributed by atoms with van der Waals surface area (Å²) >= 11 is 0. The van der Waals surface area contributed by atoms with Crippen LogP contribution in [0.2, 0.25) is 0 Å². The number of hydrogen-bond donors (Lipinski definition) is 1. The minimum absolute atomic E-state index is 0.670. The molecule has 1 saturated heterocycles. The number of nitrogens with zero attached hydrogens (tertiary/aromatic N) is 1. The molecular weight excluding hydrogens is 236 g/mol. The highest BCUT2D eigenvalue weighted by Crippen LogP contribution is 2.29. The molecule has 3 nitrogen and oxygen atoms in total. The molecule has 19 heavy (non-hydrogen) atoms. The van der Waals surface area contributed by atoms with Crippen molar-refractivity contribution in [3.8, 4) is 0 Å². The summed E-state index contributed by atoms with van der Waals surface area (Å²) in [5.41, 5.74) is 8.16. The fourth-order valence-electron chi connectivity index (χ4n) is 3.08. The minimum atomic E-state index is 0.670. The molecule has 3 heteroatoms. The Morgan fingerprint density at radius 3 is 2.95 bits per heavy atom. The summed E-state index contributed by atoms with van der Waals surface area (Å²) in [4.78, 5) is 2.51. The number of nitrogens with two attached hydrogens (primary N) is 1. The molecular formula is C16H22N2O. The Morgan fingerprint density at radius 1 is 1.37 bits per heavy atom. The SMILES string of the molecule is CCc1oc2ccccc2c1CN1CC[C@@H](CN)C1. The molecule has 0 bridgehead atoms. The third-order valence-corrected chi connectivity index (χ3v) is 4.19. The lowest BCUT2D eigenvalue weighted by atomic mass is 10.1. The molecule has 3 rings (SSSR count). The summed E-state index contributed by atoms with van der Waals surface area (Å²) in [7, 11) is 0. The molecule has 0 spiro atoms. The monoisotopic (exact) mass is 258 g/mol. The molecule has 1 aromatic heterocycles. The normalized spacial score (nSPS) is 20.4. The van der Waals surface area contributed by atoms with Crippen LogP contribution in [0.25, 0.3) is 11.0 Å². The van der Waals surface area contributed by atoms with E-state index in [4.69, 9.17) is 10.2 Å². The van der Waals surface area contributed by atoms with E-state index in [2.05, 4.69) is 30.0 Å². The number of aryl methyl sites for hydroxylation is 1. The second-order valence-corrected chi connectivity index (χ2v) is 5.48. The van der Waals surface area contributed by atoms with Crippen LogP contribution >= 0.6 is 0 Å². The molecule has 2 heterocycles. The van der Waals surface area contributed by atoms with Gasteiger partial charge in [-0.1, -0.05) is 25.1 Å². The molecule has 1 aliphatic rings. The molecule has 2 aromatic rings. The molecule has 0 saturated carbocycles. The number of fused-ring (bicyclic) bond motifs is 1. The fraction of sp³-hybridized carbons (Fsp3) is 0.500. The maximum atomic E-state index is 5.96. The predicted octanol–water partition coefficient (Wildman–Crippen LogP) is 2.78. The number of para-hydroxylation sites is 1. The topological polar surface area (TPSA) is 42.4 Å². The van der Waals surface area contributed by atoms with Crippen molar-refractivity contribution < 1.29 is 4.42 Å². The van der Waals surface area contributed by atoms with Crippen LogP contribution in [0.15, 0.2) is 28.7 Å². The van der Waals surface area contributed by atoms with Gasteiger partial charge in [0.15, 0.2) is 0 Å². The summed E-state index contributed by atoms with van der Waals surface area (Å²) in [6, 6.07) is 8.36. The van der Waals surface area contributed by atoms with Crippen molar-refractivity contribution in [1.82, 2.24) is 4.90 Å². The van der Waals surface area contributed by atoms with Crippen LogP contribution in [0.3, 0.4) is 0 Å². The first-order chi connectivity index (χ1) is 9.31. The van der Waals surface area contributed by atoms with E-state index in [-0.39, 0.29) is 0 Å². The maximum absolute atomic E-state index is 5.96. The summed E-state index contributed by atoms with van der Waals surface area (Å²) in [5, 5.41) is 1.27. The van der Waals surface area contributed by atoms with Gasteiger partial charge < -0.3 is 10.2 Å². The van der Waals surface area contributed by atoms with Gasteiger partial charge >= 0.3 is 0 Å². The quantitative estimate of drug-likeness (QED) is 0.917. The molecule has 0 radical (unpaired) electrons. The van der Waals surface area contributed by atoms with Gasteiger partial charge in [-0.05, 0) is 31.5 Å². The Morgan fingerprint density at radius 2 is 2.21 bits per heavy atom. The zero-order chi connectivity index (χ0) is 13.2. The summed E-state index contributed by atoms with van der Waals surface area (Å²) < 4.78 is 5.96. The number of likely N-dealkylation sites (tertiary alicyclic amines) is 1. The van der Waals surface area contributed by atoms with Gasteiger partial charge in [-0.15, -0.1) is 0 Å². The average molecular weight is 258 g/mol. The largest absolute Gasteiger partial charge is 0.461 e. The highest BCUT2D eigenvalue weighted by atomic mass is 16.3. The fourth-order valence-corrected chi connectivity index (χ4v) is 3.08. The molecule has 102 valence electrons. The van der Waals surface area contributed by atoms with Gasteiger partial charge in [-0.3, -0.25) is 4.90 Å². The third-order valence-electron chi connectivity index (χ3n) is 4.19. The lowest BCUT2D eigenvalue weighted by Gasteiger charge is -2.15. The lowest BCUT2D eigenvalue weighted by Crippen LogP contribution is -2.23. The maximum Gasteiger partial charge on any atom is 0.134 e. The zero-order valence-corrected chi connectivity index (χ0v) is 11.6. The Bertz CT molecular complexity index is 561. The van der Waals surface area contributed by atoms with Crippen LogP contribution in [0, 0.1) is 5.92 Å². The zero-order valence-electron chi connectivity index (χ0n) is 11.6. The molecule has 0 amide bonds. The summed E-state index contributed by atoms with van der Waals surface area (Å²) in [6.07, 6.45) is 2.19. The smallest absolute Gasteiger partial charge is 0.134 e. The molecule has 1 atom stereocenters. The first kappa shape index (κ1) is 12.7. The van der Waals surface area contributed by atoms with Crippen molar-refractivity contribution in [2.45, 2.75) is 26.3 Å². The number of rotatable bonds is 4. The Hall–Kier alpha value is -1.32. The average Bonchev–Trinajstić information content (AvgIpc) is 3.04. The molecule has 1 aromatic carbocycles. The van der Waals surface area contributed by atoms with Crippen molar-refractivity contribution in [3.63, 3.8) is 0 Å².